The normalized spacial score (nSPS) is 19.5. The summed E-state index contributed by atoms with van der Waals surface area (Å²) in [6.07, 6.45) is 7.45. The predicted octanol–water partition coefficient (Wildman–Crippen LogP) is 3.61. The smallest absolute Gasteiger partial charge is 0.221 e. The fourth-order valence-corrected chi connectivity index (χ4v) is 4.07. The second kappa shape index (κ2) is 7.23. The minimum atomic E-state index is 0.0517. The predicted molar refractivity (Wildman–Crippen MR) is 84.7 cm³/mol. The lowest BCUT2D eigenvalue weighted by Crippen LogP contribution is -2.39. The second-order valence-electron chi connectivity index (χ2n) is 5.99. The van der Waals surface area contributed by atoms with Gasteiger partial charge in [-0.1, -0.05) is 32.3 Å². The number of amides is 1. The summed E-state index contributed by atoms with van der Waals surface area (Å²) in [7, 11) is 0. The van der Waals surface area contributed by atoms with E-state index in [-0.39, 0.29) is 17.4 Å². The first-order valence-corrected chi connectivity index (χ1v) is 8.60. The summed E-state index contributed by atoms with van der Waals surface area (Å²) in [6.45, 7) is 2.75. The Morgan fingerprint density at radius 2 is 2.20 bits per heavy atom. The van der Waals surface area contributed by atoms with Gasteiger partial charge in [0.15, 0.2) is 0 Å². The molecule has 3 nitrogen and oxygen atoms in total. The van der Waals surface area contributed by atoms with Crippen molar-refractivity contribution < 1.29 is 4.79 Å². The van der Waals surface area contributed by atoms with Crippen molar-refractivity contribution in [1.82, 2.24) is 5.32 Å². The molecule has 1 unspecified atom stereocenters. The highest BCUT2D eigenvalue weighted by Gasteiger charge is 2.33. The lowest BCUT2D eigenvalue weighted by Gasteiger charge is -2.36. The Morgan fingerprint density at radius 1 is 1.45 bits per heavy atom. The Hall–Kier alpha value is -0.870. The molecule has 112 valence electrons. The van der Waals surface area contributed by atoms with Gasteiger partial charge in [0, 0.05) is 11.3 Å². The number of nitrogens with two attached hydrogens (primary N) is 1. The molecule has 1 atom stereocenters. The molecule has 0 aliphatic heterocycles. The highest BCUT2D eigenvalue weighted by molar-refractivity contribution is 7.10. The maximum absolute atomic E-state index is 12.4. The molecule has 0 aromatic carbocycles. The molecule has 1 fully saturated rings. The Kier molecular flexibility index (Phi) is 5.61. The lowest BCUT2D eigenvalue weighted by atomic mass is 9.71. The van der Waals surface area contributed by atoms with E-state index in [0.29, 0.717) is 13.0 Å². The number of hydrogen-bond acceptors (Lipinski definition) is 3. The SMILES string of the molecule is CCC(NC(=O)CC1(CN)CCCCC1)c1cccs1. The van der Waals surface area contributed by atoms with Crippen molar-refractivity contribution >= 4 is 17.2 Å². The van der Waals surface area contributed by atoms with Crippen LogP contribution < -0.4 is 11.1 Å². The number of rotatable bonds is 6. The van der Waals surface area contributed by atoms with Crippen LogP contribution in [0.3, 0.4) is 0 Å². The van der Waals surface area contributed by atoms with E-state index < -0.39 is 0 Å². The monoisotopic (exact) mass is 294 g/mol. The van der Waals surface area contributed by atoms with Crippen LogP contribution in [-0.2, 0) is 4.79 Å². The van der Waals surface area contributed by atoms with Gasteiger partial charge in [-0.2, -0.15) is 0 Å². The zero-order chi connectivity index (χ0) is 14.4. The summed E-state index contributed by atoms with van der Waals surface area (Å²) in [5.41, 5.74) is 6.02. The number of nitrogens with one attached hydrogen (secondary N) is 1. The molecule has 1 aliphatic carbocycles. The quantitative estimate of drug-likeness (QED) is 0.842. The van der Waals surface area contributed by atoms with Crippen LogP contribution in [0.2, 0.25) is 0 Å². The molecule has 1 aromatic rings. The van der Waals surface area contributed by atoms with E-state index in [0.717, 1.165) is 19.3 Å². The van der Waals surface area contributed by atoms with Gasteiger partial charge in [-0.15, -0.1) is 11.3 Å². The van der Waals surface area contributed by atoms with E-state index in [2.05, 4.69) is 23.7 Å². The molecular weight excluding hydrogens is 268 g/mol. The Morgan fingerprint density at radius 3 is 2.75 bits per heavy atom. The maximum atomic E-state index is 12.4. The van der Waals surface area contributed by atoms with Crippen molar-refractivity contribution in [2.24, 2.45) is 11.1 Å². The van der Waals surface area contributed by atoms with Crippen molar-refractivity contribution in [3.8, 4) is 0 Å². The fourth-order valence-electron chi connectivity index (χ4n) is 3.20. The van der Waals surface area contributed by atoms with E-state index in [9.17, 15) is 4.79 Å². The highest BCUT2D eigenvalue weighted by atomic mass is 32.1. The molecule has 1 amide bonds. The van der Waals surface area contributed by atoms with Crippen molar-refractivity contribution in [2.45, 2.75) is 57.9 Å². The van der Waals surface area contributed by atoms with Gasteiger partial charge in [-0.25, -0.2) is 0 Å². The molecule has 0 spiro atoms. The summed E-state index contributed by atoms with van der Waals surface area (Å²) in [5, 5.41) is 5.25. The topological polar surface area (TPSA) is 55.1 Å². The summed E-state index contributed by atoms with van der Waals surface area (Å²) in [4.78, 5) is 13.6. The summed E-state index contributed by atoms with van der Waals surface area (Å²) < 4.78 is 0. The van der Waals surface area contributed by atoms with Gasteiger partial charge in [0.1, 0.15) is 0 Å². The third-order valence-corrected chi connectivity index (χ3v) is 5.50. The number of carbonyl (C=O) groups is 1. The summed E-state index contributed by atoms with van der Waals surface area (Å²) in [6, 6.07) is 4.29. The zero-order valence-corrected chi connectivity index (χ0v) is 13.2. The summed E-state index contributed by atoms with van der Waals surface area (Å²) >= 11 is 1.71. The summed E-state index contributed by atoms with van der Waals surface area (Å²) in [5.74, 6) is 0.164. The second-order valence-corrected chi connectivity index (χ2v) is 6.96. The first kappa shape index (κ1) is 15.5. The standard InChI is InChI=1S/C16H26N2OS/c1-2-13(14-7-6-10-20-14)18-15(19)11-16(12-17)8-4-3-5-9-16/h6-7,10,13H,2-5,8-9,11-12,17H2,1H3,(H,18,19). The average Bonchev–Trinajstić information content (AvgIpc) is 3.00. The molecule has 0 saturated heterocycles. The maximum Gasteiger partial charge on any atom is 0.221 e. The van der Waals surface area contributed by atoms with Crippen LogP contribution in [0.25, 0.3) is 0 Å². The van der Waals surface area contributed by atoms with Gasteiger partial charge >= 0.3 is 0 Å². The molecule has 1 aromatic heterocycles. The van der Waals surface area contributed by atoms with E-state index >= 15 is 0 Å². The highest BCUT2D eigenvalue weighted by Crippen LogP contribution is 2.38. The molecule has 3 N–H and O–H groups in total. The molecule has 2 rings (SSSR count). The molecule has 0 radical (unpaired) electrons. The zero-order valence-electron chi connectivity index (χ0n) is 12.4. The number of thiophene rings is 1. The van der Waals surface area contributed by atoms with Crippen LogP contribution in [0.4, 0.5) is 0 Å². The van der Waals surface area contributed by atoms with Crippen molar-refractivity contribution in [2.75, 3.05) is 6.54 Å². The van der Waals surface area contributed by atoms with Crippen LogP contribution in [0, 0.1) is 5.41 Å². The Balaban J connectivity index is 1.93. The third-order valence-electron chi connectivity index (χ3n) is 4.51. The minimum Gasteiger partial charge on any atom is -0.348 e. The fraction of sp³-hybridized carbons (Fsp3) is 0.688. The molecule has 1 aliphatic rings. The first-order valence-electron chi connectivity index (χ1n) is 7.72. The van der Waals surface area contributed by atoms with Gasteiger partial charge in [-0.3, -0.25) is 4.79 Å². The van der Waals surface area contributed by atoms with Gasteiger partial charge in [-0.05, 0) is 42.7 Å². The third kappa shape index (κ3) is 3.83. The van der Waals surface area contributed by atoms with Crippen molar-refractivity contribution in [1.29, 1.82) is 0 Å². The molecule has 20 heavy (non-hydrogen) atoms. The Bertz CT molecular complexity index is 410. The van der Waals surface area contributed by atoms with E-state index in [1.165, 1.54) is 24.1 Å². The molecule has 4 heteroatoms. The van der Waals surface area contributed by atoms with Crippen LogP contribution in [-0.4, -0.2) is 12.5 Å². The molecule has 1 saturated carbocycles. The van der Waals surface area contributed by atoms with Gasteiger partial charge in [0.2, 0.25) is 5.91 Å². The number of hydrogen-bond donors (Lipinski definition) is 2. The van der Waals surface area contributed by atoms with Gasteiger partial charge in [0.05, 0.1) is 6.04 Å². The van der Waals surface area contributed by atoms with E-state index in [1.54, 1.807) is 11.3 Å². The van der Waals surface area contributed by atoms with Gasteiger partial charge in [0.25, 0.3) is 0 Å². The van der Waals surface area contributed by atoms with Crippen LogP contribution in [0.5, 0.6) is 0 Å². The molecule has 0 bridgehead atoms. The van der Waals surface area contributed by atoms with Crippen molar-refractivity contribution in [3.63, 3.8) is 0 Å². The first-order chi connectivity index (χ1) is 9.69. The van der Waals surface area contributed by atoms with Crippen molar-refractivity contribution in [3.05, 3.63) is 22.4 Å². The molecular formula is C16H26N2OS. The number of carbonyl (C=O) groups excluding carboxylic acids is 1. The average molecular weight is 294 g/mol. The van der Waals surface area contributed by atoms with E-state index in [1.807, 2.05) is 6.07 Å². The van der Waals surface area contributed by atoms with Gasteiger partial charge < -0.3 is 11.1 Å². The van der Waals surface area contributed by atoms with Crippen LogP contribution >= 0.6 is 11.3 Å². The van der Waals surface area contributed by atoms with Crippen LogP contribution in [0.15, 0.2) is 17.5 Å². The Labute approximate surface area is 125 Å². The van der Waals surface area contributed by atoms with E-state index in [4.69, 9.17) is 5.73 Å². The molecule has 1 heterocycles. The lowest BCUT2D eigenvalue weighted by molar-refractivity contribution is -0.124. The largest absolute Gasteiger partial charge is 0.348 e. The van der Waals surface area contributed by atoms with Crippen LogP contribution in [0.1, 0.15) is 62.8 Å². The minimum absolute atomic E-state index is 0.0517.